The Hall–Kier alpha value is -1.40. The normalized spacial score (nSPS) is 24.5. The van der Waals surface area contributed by atoms with Crippen LogP contribution in [0.15, 0.2) is 28.7 Å². The third kappa shape index (κ3) is 3.33. The highest BCUT2D eigenvalue weighted by molar-refractivity contribution is 9.10. The number of rotatable bonds is 3. The molecule has 2 aliphatic rings. The quantitative estimate of drug-likeness (QED) is 0.862. The Morgan fingerprint density at radius 3 is 2.64 bits per heavy atom. The summed E-state index contributed by atoms with van der Waals surface area (Å²) >= 11 is 3.37. The Labute approximate surface area is 138 Å². The van der Waals surface area contributed by atoms with Crippen LogP contribution in [0.2, 0.25) is 0 Å². The zero-order chi connectivity index (χ0) is 15.5. The van der Waals surface area contributed by atoms with Gasteiger partial charge in [-0.25, -0.2) is 0 Å². The van der Waals surface area contributed by atoms with Gasteiger partial charge < -0.3 is 15.5 Å². The second kappa shape index (κ2) is 6.79. The molecule has 0 radical (unpaired) electrons. The van der Waals surface area contributed by atoms with Gasteiger partial charge in [0.2, 0.25) is 11.8 Å². The second-order valence-corrected chi connectivity index (χ2v) is 6.75. The maximum Gasteiger partial charge on any atom is 0.247 e. The number of carbonyl (C=O) groups excluding carboxylic acids is 2. The van der Waals surface area contributed by atoms with Crippen LogP contribution in [0.25, 0.3) is 0 Å². The molecule has 0 saturated carbocycles. The van der Waals surface area contributed by atoms with Gasteiger partial charge in [-0.2, -0.15) is 0 Å². The fourth-order valence-corrected chi connectivity index (χ4v) is 3.42. The van der Waals surface area contributed by atoms with Crippen molar-refractivity contribution in [3.8, 4) is 0 Å². The largest absolute Gasteiger partial charge is 0.329 e. The number of hydrogen-bond acceptors (Lipinski definition) is 3. The third-order valence-corrected chi connectivity index (χ3v) is 4.84. The van der Waals surface area contributed by atoms with E-state index in [1.165, 1.54) is 0 Å². The van der Waals surface area contributed by atoms with Crippen molar-refractivity contribution in [3.05, 3.63) is 28.7 Å². The summed E-state index contributed by atoms with van der Waals surface area (Å²) in [6.45, 7) is 1.56. The zero-order valence-electron chi connectivity index (χ0n) is 12.3. The molecule has 0 spiro atoms. The van der Waals surface area contributed by atoms with Crippen molar-refractivity contribution in [3.63, 3.8) is 0 Å². The first-order chi connectivity index (χ1) is 10.6. The summed E-state index contributed by atoms with van der Waals surface area (Å²) in [7, 11) is 0. The number of anilines is 1. The van der Waals surface area contributed by atoms with E-state index in [0.29, 0.717) is 6.54 Å². The van der Waals surface area contributed by atoms with Gasteiger partial charge >= 0.3 is 0 Å². The molecule has 2 atom stereocenters. The second-order valence-electron chi connectivity index (χ2n) is 5.83. The van der Waals surface area contributed by atoms with E-state index >= 15 is 0 Å². The number of benzene rings is 1. The summed E-state index contributed by atoms with van der Waals surface area (Å²) in [6.07, 6.45) is 3.52. The van der Waals surface area contributed by atoms with Crippen molar-refractivity contribution in [2.45, 2.75) is 37.8 Å². The first kappa shape index (κ1) is 15.5. The van der Waals surface area contributed by atoms with E-state index in [9.17, 15) is 9.59 Å². The van der Waals surface area contributed by atoms with Gasteiger partial charge in [0.05, 0.1) is 6.04 Å². The summed E-state index contributed by atoms with van der Waals surface area (Å²) < 4.78 is 0.968. The molecule has 2 amide bonds. The van der Waals surface area contributed by atoms with Crippen molar-refractivity contribution in [2.75, 3.05) is 18.4 Å². The Balaban J connectivity index is 1.65. The molecule has 2 heterocycles. The third-order valence-electron chi connectivity index (χ3n) is 4.31. The van der Waals surface area contributed by atoms with Crippen LogP contribution in [0.3, 0.4) is 0 Å². The van der Waals surface area contributed by atoms with Crippen LogP contribution in [0, 0.1) is 0 Å². The fourth-order valence-electron chi connectivity index (χ4n) is 3.16. The number of likely N-dealkylation sites (tertiary alicyclic amines) is 1. The van der Waals surface area contributed by atoms with E-state index < -0.39 is 0 Å². The van der Waals surface area contributed by atoms with Crippen molar-refractivity contribution in [1.82, 2.24) is 10.2 Å². The molecule has 0 aromatic heterocycles. The van der Waals surface area contributed by atoms with E-state index in [1.807, 2.05) is 24.3 Å². The van der Waals surface area contributed by atoms with E-state index in [0.717, 1.165) is 42.4 Å². The van der Waals surface area contributed by atoms with Crippen LogP contribution in [0.1, 0.15) is 25.7 Å². The Bertz CT molecular complexity index is 555. The monoisotopic (exact) mass is 365 g/mol. The lowest BCUT2D eigenvalue weighted by Gasteiger charge is -2.26. The van der Waals surface area contributed by atoms with Gasteiger partial charge in [0.25, 0.3) is 0 Å². The minimum Gasteiger partial charge on any atom is -0.329 e. The summed E-state index contributed by atoms with van der Waals surface area (Å²) in [5, 5.41) is 6.13. The SMILES string of the molecule is O=C(Nc1ccc(Br)cc1)[C@@H]1CCCN1C(=O)[C@@H]1CCCN1. The summed E-state index contributed by atoms with van der Waals surface area (Å²) in [5.41, 5.74) is 0.756. The molecular formula is C16H20BrN3O2. The van der Waals surface area contributed by atoms with Crippen molar-refractivity contribution < 1.29 is 9.59 Å². The average molecular weight is 366 g/mol. The van der Waals surface area contributed by atoms with E-state index in [4.69, 9.17) is 0 Å². The van der Waals surface area contributed by atoms with Crippen LogP contribution >= 0.6 is 15.9 Å². The molecule has 2 N–H and O–H groups in total. The maximum atomic E-state index is 12.5. The van der Waals surface area contributed by atoms with E-state index in [1.54, 1.807) is 4.90 Å². The number of halogens is 1. The highest BCUT2D eigenvalue weighted by Gasteiger charge is 2.37. The molecule has 2 saturated heterocycles. The molecule has 0 unspecified atom stereocenters. The lowest BCUT2D eigenvalue weighted by atomic mass is 10.1. The number of nitrogens with zero attached hydrogens (tertiary/aromatic N) is 1. The smallest absolute Gasteiger partial charge is 0.247 e. The van der Waals surface area contributed by atoms with Gasteiger partial charge in [-0.05, 0) is 56.5 Å². The molecule has 0 bridgehead atoms. The lowest BCUT2D eigenvalue weighted by molar-refractivity contribution is -0.138. The highest BCUT2D eigenvalue weighted by Crippen LogP contribution is 2.22. The van der Waals surface area contributed by atoms with Gasteiger partial charge in [0.15, 0.2) is 0 Å². The summed E-state index contributed by atoms with van der Waals surface area (Å²) in [4.78, 5) is 26.8. The summed E-state index contributed by atoms with van der Waals surface area (Å²) in [6, 6.07) is 7.01. The van der Waals surface area contributed by atoms with Crippen molar-refractivity contribution in [1.29, 1.82) is 0 Å². The zero-order valence-corrected chi connectivity index (χ0v) is 13.9. The molecule has 2 aliphatic heterocycles. The van der Waals surface area contributed by atoms with Crippen LogP contribution in [0.5, 0.6) is 0 Å². The summed E-state index contributed by atoms with van der Waals surface area (Å²) in [5.74, 6) is -0.0166. The molecule has 22 heavy (non-hydrogen) atoms. The maximum absolute atomic E-state index is 12.5. The first-order valence-corrected chi connectivity index (χ1v) is 8.55. The molecule has 6 heteroatoms. The minimum absolute atomic E-state index is 0.0750. The predicted molar refractivity (Wildman–Crippen MR) is 88.5 cm³/mol. The Morgan fingerprint density at radius 2 is 1.95 bits per heavy atom. The van der Waals surface area contributed by atoms with Crippen molar-refractivity contribution in [2.24, 2.45) is 0 Å². The highest BCUT2D eigenvalue weighted by atomic mass is 79.9. The fraction of sp³-hybridized carbons (Fsp3) is 0.500. The van der Waals surface area contributed by atoms with Crippen LogP contribution < -0.4 is 10.6 Å². The molecule has 3 rings (SSSR count). The number of amides is 2. The first-order valence-electron chi connectivity index (χ1n) is 7.75. The molecule has 118 valence electrons. The lowest BCUT2D eigenvalue weighted by Crippen LogP contribution is -2.49. The van der Waals surface area contributed by atoms with Gasteiger partial charge in [0, 0.05) is 16.7 Å². The molecule has 5 nitrogen and oxygen atoms in total. The van der Waals surface area contributed by atoms with Gasteiger partial charge in [0.1, 0.15) is 6.04 Å². The van der Waals surface area contributed by atoms with Crippen LogP contribution in [0.4, 0.5) is 5.69 Å². The number of carbonyl (C=O) groups is 2. The predicted octanol–water partition coefficient (Wildman–Crippen LogP) is 2.13. The molecule has 2 fully saturated rings. The van der Waals surface area contributed by atoms with E-state index in [2.05, 4.69) is 26.6 Å². The molecule has 1 aromatic rings. The van der Waals surface area contributed by atoms with Gasteiger partial charge in [-0.3, -0.25) is 9.59 Å². The Morgan fingerprint density at radius 1 is 1.18 bits per heavy atom. The molecule has 0 aliphatic carbocycles. The average Bonchev–Trinajstić information content (AvgIpc) is 3.20. The number of nitrogens with one attached hydrogen (secondary N) is 2. The Kier molecular flexibility index (Phi) is 4.78. The van der Waals surface area contributed by atoms with Gasteiger partial charge in [-0.1, -0.05) is 15.9 Å². The molecule has 1 aromatic carbocycles. The van der Waals surface area contributed by atoms with Gasteiger partial charge in [-0.15, -0.1) is 0 Å². The van der Waals surface area contributed by atoms with E-state index in [-0.39, 0.29) is 23.9 Å². The molecular weight excluding hydrogens is 346 g/mol. The standard InChI is InChI=1S/C16H20BrN3O2/c17-11-5-7-12(8-6-11)19-15(21)14-4-2-10-20(14)16(22)13-3-1-9-18-13/h5-8,13-14,18H,1-4,9-10H2,(H,19,21)/t13-,14-/m0/s1. The number of hydrogen-bond donors (Lipinski definition) is 2. The minimum atomic E-state index is -0.349. The van der Waals surface area contributed by atoms with Crippen LogP contribution in [-0.2, 0) is 9.59 Å². The topological polar surface area (TPSA) is 61.4 Å². The van der Waals surface area contributed by atoms with Crippen LogP contribution in [-0.4, -0.2) is 41.9 Å². The van der Waals surface area contributed by atoms with Crippen molar-refractivity contribution >= 4 is 33.4 Å².